The van der Waals surface area contributed by atoms with Crippen molar-refractivity contribution in [1.29, 1.82) is 0 Å². The fourth-order valence-corrected chi connectivity index (χ4v) is 2.66. The van der Waals surface area contributed by atoms with Gasteiger partial charge in [-0.25, -0.2) is 15.8 Å². The van der Waals surface area contributed by atoms with Crippen LogP contribution < -0.4 is 16.2 Å². The van der Waals surface area contributed by atoms with Crippen LogP contribution in [-0.2, 0) is 0 Å². The summed E-state index contributed by atoms with van der Waals surface area (Å²) < 4.78 is 0. The molecule has 1 aromatic rings. The lowest BCUT2D eigenvalue weighted by molar-refractivity contribution is 0.136. The van der Waals surface area contributed by atoms with Gasteiger partial charge in [0.15, 0.2) is 0 Å². The zero-order valence-corrected chi connectivity index (χ0v) is 11.8. The van der Waals surface area contributed by atoms with Gasteiger partial charge in [0.05, 0.1) is 6.10 Å². The van der Waals surface area contributed by atoms with Gasteiger partial charge in [0.2, 0.25) is 0 Å². The maximum absolute atomic E-state index is 9.70. The van der Waals surface area contributed by atoms with Crippen LogP contribution in [0.4, 0.5) is 11.6 Å². The quantitative estimate of drug-likeness (QED) is 0.558. The minimum absolute atomic E-state index is 0.276. The second kappa shape index (κ2) is 5.71. The molecule has 0 bridgehead atoms. The topological polar surface area (TPSA) is 87.3 Å². The minimum Gasteiger partial charge on any atom is -0.393 e. The molecule has 0 aliphatic carbocycles. The van der Waals surface area contributed by atoms with Gasteiger partial charge in [-0.1, -0.05) is 13.8 Å². The van der Waals surface area contributed by atoms with Crippen molar-refractivity contribution >= 4 is 11.6 Å². The number of rotatable bonds is 4. The maximum Gasteiger partial charge on any atom is 0.148 e. The van der Waals surface area contributed by atoms with Crippen molar-refractivity contribution in [2.75, 3.05) is 23.4 Å². The summed E-state index contributed by atoms with van der Waals surface area (Å²) in [6, 6.07) is 0. The van der Waals surface area contributed by atoms with Crippen LogP contribution in [0.25, 0.3) is 0 Å². The number of nitrogens with one attached hydrogen (secondary N) is 1. The largest absolute Gasteiger partial charge is 0.393 e. The number of aliphatic hydroxyl groups is 1. The van der Waals surface area contributed by atoms with Crippen LogP contribution in [-0.4, -0.2) is 34.3 Å². The summed E-state index contributed by atoms with van der Waals surface area (Å²) in [5, 5.41) is 9.70. The van der Waals surface area contributed by atoms with Gasteiger partial charge in [0.25, 0.3) is 0 Å². The van der Waals surface area contributed by atoms with Gasteiger partial charge >= 0.3 is 0 Å². The first-order chi connectivity index (χ1) is 9.04. The van der Waals surface area contributed by atoms with Crippen LogP contribution in [0.2, 0.25) is 0 Å². The van der Waals surface area contributed by atoms with Gasteiger partial charge in [0.1, 0.15) is 18.0 Å². The molecule has 106 valence electrons. The van der Waals surface area contributed by atoms with E-state index in [2.05, 4.69) is 34.1 Å². The van der Waals surface area contributed by atoms with Gasteiger partial charge in [-0.2, -0.15) is 0 Å². The standard InChI is InChI=1S/C13H23N5O/c1-8(2)11-12(17-14)15-7-16-13(11)18-5-4-10(6-18)9(3)19/h7-10,19H,4-6,14H2,1-3H3,(H,15,16,17). The molecular formula is C13H23N5O. The Balaban J connectivity index is 2.30. The second-order valence-electron chi connectivity index (χ2n) is 5.49. The summed E-state index contributed by atoms with van der Waals surface area (Å²) in [5.74, 6) is 7.74. The molecule has 6 nitrogen and oxygen atoms in total. The Morgan fingerprint density at radius 2 is 2.16 bits per heavy atom. The van der Waals surface area contributed by atoms with Crippen LogP contribution in [0, 0.1) is 5.92 Å². The third-order valence-corrected chi connectivity index (χ3v) is 3.78. The normalized spacial score (nSPS) is 20.9. The Kier molecular flexibility index (Phi) is 4.21. The number of nitrogens with two attached hydrogens (primary N) is 1. The van der Waals surface area contributed by atoms with E-state index in [1.807, 2.05) is 6.92 Å². The van der Waals surface area contributed by atoms with Crippen LogP contribution in [0.5, 0.6) is 0 Å². The Labute approximate surface area is 114 Å². The minimum atomic E-state index is -0.276. The average molecular weight is 265 g/mol. The summed E-state index contributed by atoms with van der Waals surface area (Å²) >= 11 is 0. The third kappa shape index (κ3) is 2.79. The van der Waals surface area contributed by atoms with E-state index in [-0.39, 0.29) is 12.0 Å². The third-order valence-electron chi connectivity index (χ3n) is 3.78. The highest BCUT2D eigenvalue weighted by Crippen LogP contribution is 2.33. The number of aromatic nitrogens is 2. The molecule has 0 saturated carbocycles. The van der Waals surface area contributed by atoms with Gasteiger partial charge in [-0.15, -0.1) is 0 Å². The highest BCUT2D eigenvalue weighted by Gasteiger charge is 2.29. The molecule has 0 aromatic carbocycles. The summed E-state index contributed by atoms with van der Waals surface area (Å²) in [7, 11) is 0. The Bertz CT molecular complexity index is 435. The summed E-state index contributed by atoms with van der Waals surface area (Å²) in [6.07, 6.45) is 2.25. The number of hydrogen-bond donors (Lipinski definition) is 3. The Morgan fingerprint density at radius 1 is 1.42 bits per heavy atom. The molecule has 2 unspecified atom stereocenters. The van der Waals surface area contributed by atoms with Gasteiger partial charge in [-0.05, 0) is 19.3 Å². The van der Waals surface area contributed by atoms with E-state index >= 15 is 0 Å². The smallest absolute Gasteiger partial charge is 0.148 e. The zero-order valence-electron chi connectivity index (χ0n) is 11.8. The summed E-state index contributed by atoms with van der Waals surface area (Å²) in [4.78, 5) is 10.8. The van der Waals surface area contributed by atoms with Crippen molar-refractivity contribution in [1.82, 2.24) is 9.97 Å². The van der Waals surface area contributed by atoms with E-state index in [0.29, 0.717) is 11.7 Å². The SMILES string of the molecule is CC(C)c1c(NN)ncnc1N1CCC(C(C)O)C1. The second-order valence-corrected chi connectivity index (χ2v) is 5.49. The highest BCUT2D eigenvalue weighted by atomic mass is 16.3. The molecular weight excluding hydrogens is 242 g/mol. The first-order valence-corrected chi connectivity index (χ1v) is 6.79. The molecule has 1 fully saturated rings. The molecule has 0 spiro atoms. The maximum atomic E-state index is 9.70. The van der Waals surface area contributed by atoms with Crippen molar-refractivity contribution in [3.8, 4) is 0 Å². The molecule has 19 heavy (non-hydrogen) atoms. The van der Waals surface area contributed by atoms with Crippen LogP contribution in [0.15, 0.2) is 6.33 Å². The monoisotopic (exact) mass is 265 g/mol. The molecule has 1 aliphatic heterocycles. The van der Waals surface area contributed by atoms with Gasteiger partial charge in [0, 0.05) is 24.6 Å². The van der Waals surface area contributed by atoms with E-state index in [4.69, 9.17) is 5.84 Å². The molecule has 6 heteroatoms. The summed E-state index contributed by atoms with van der Waals surface area (Å²) in [6.45, 7) is 7.80. The van der Waals surface area contributed by atoms with Crippen molar-refractivity contribution in [3.63, 3.8) is 0 Å². The fraction of sp³-hybridized carbons (Fsp3) is 0.692. The zero-order chi connectivity index (χ0) is 14.0. The molecule has 0 radical (unpaired) electrons. The number of hydrogen-bond acceptors (Lipinski definition) is 6. The van der Waals surface area contributed by atoms with E-state index < -0.39 is 0 Å². The molecule has 1 saturated heterocycles. The molecule has 2 atom stereocenters. The predicted molar refractivity (Wildman–Crippen MR) is 75.9 cm³/mol. The van der Waals surface area contributed by atoms with Crippen molar-refractivity contribution in [2.24, 2.45) is 11.8 Å². The van der Waals surface area contributed by atoms with Crippen LogP contribution >= 0.6 is 0 Å². The number of aliphatic hydroxyl groups excluding tert-OH is 1. The molecule has 2 rings (SSSR count). The lowest BCUT2D eigenvalue weighted by atomic mass is 10.0. The van der Waals surface area contributed by atoms with Crippen LogP contribution in [0.1, 0.15) is 38.7 Å². The van der Waals surface area contributed by atoms with Crippen LogP contribution in [0.3, 0.4) is 0 Å². The summed E-state index contributed by atoms with van der Waals surface area (Å²) in [5.41, 5.74) is 3.69. The molecule has 1 aromatic heterocycles. The van der Waals surface area contributed by atoms with Crippen molar-refractivity contribution in [2.45, 2.75) is 39.2 Å². The Hall–Kier alpha value is -1.40. The first kappa shape index (κ1) is 14.0. The average Bonchev–Trinajstić information content (AvgIpc) is 2.87. The van der Waals surface area contributed by atoms with E-state index in [9.17, 15) is 5.11 Å². The number of nitrogens with zero attached hydrogens (tertiary/aromatic N) is 3. The number of nitrogen functional groups attached to an aromatic ring is 1. The number of anilines is 2. The molecule has 4 N–H and O–H groups in total. The molecule has 1 aliphatic rings. The highest BCUT2D eigenvalue weighted by molar-refractivity contribution is 5.60. The predicted octanol–water partition coefficient (Wildman–Crippen LogP) is 1.09. The number of hydrazine groups is 1. The fourth-order valence-electron chi connectivity index (χ4n) is 2.66. The van der Waals surface area contributed by atoms with Crippen molar-refractivity contribution < 1.29 is 5.11 Å². The van der Waals surface area contributed by atoms with Crippen molar-refractivity contribution in [3.05, 3.63) is 11.9 Å². The Morgan fingerprint density at radius 3 is 2.68 bits per heavy atom. The first-order valence-electron chi connectivity index (χ1n) is 6.79. The molecule has 2 heterocycles. The van der Waals surface area contributed by atoms with Gasteiger partial charge in [-0.3, -0.25) is 0 Å². The lowest BCUT2D eigenvalue weighted by Gasteiger charge is -2.24. The molecule has 0 amide bonds. The lowest BCUT2D eigenvalue weighted by Crippen LogP contribution is -2.26. The van der Waals surface area contributed by atoms with E-state index in [0.717, 1.165) is 30.9 Å². The van der Waals surface area contributed by atoms with Gasteiger partial charge < -0.3 is 15.4 Å². The van der Waals surface area contributed by atoms with E-state index in [1.165, 1.54) is 6.33 Å². The van der Waals surface area contributed by atoms with E-state index in [1.54, 1.807) is 0 Å².